The molecular weight excluding hydrogens is 246 g/mol. The zero-order valence-corrected chi connectivity index (χ0v) is 10.5. The third-order valence-electron chi connectivity index (χ3n) is 3.74. The van der Waals surface area contributed by atoms with Crippen molar-refractivity contribution in [2.45, 2.75) is 31.6 Å². The first-order chi connectivity index (χ1) is 9.13. The van der Waals surface area contributed by atoms with E-state index in [0.29, 0.717) is 5.56 Å². The zero-order valence-electron chi connectivity index (χ0n) is 10.5. The van der Waals surface area contributed by atoms with Crippen LogP contribution in [0.25, 0.3) is 0 Å². The van der Waals surface area contributed by atoms with Gasteiger partial charge in [-0.2, -0.15) is 0 Å². The molecule has 0 radical (unpaired) electrons. The number of nitrogens with one attached hydrogen (secondary N) is 1. The molecule has 1 aliphatic rings. The van der Waals surface area contributed by atoms with Crippen LogP contribution < -0.4 is 11.3 Å². The van der Waals surface area contributed by atoms with Gasteiger partial charge in [-0.25, -0.2) is 5.84 Å². The summed E-state index contributed by atoms with van der Waals surface area (Å²) in [5.74, 6) is 4.79. The Bertz CT molecular complexity index is 484. The van der Waals surface area contributed by atoms with Crippen LogP contribution in [-0.4, -0.2) is 10.8 Å². The van der Waals surface area contributed by atoms with Gasteiger partial charge in [0.1, 0.15) is 0 Å². The van der Waals surface area contributed by atoms with Crippen molar-refractivity contribution in [3.63, 3.8) is 0 Å². The van der Waals surface area contributed by atoms with Crippen LogP contribution in [0.3, 0.4) is 0 Å². The summed E-state index contributed by atoms with van der Waals surface area (Å²) in [6.07, 6.45) is 4.10. The molecule has 0 aliphatic heterocycles. The fraction of sp³-hybridized carbons (Fsp3) is 0.462. The van der Waals surface area contributed by atoms with Crippen LogP contribution in [0.4, 0.5) is 5.69 Å². The number of carbonyl (C=O) groups excluding carboxylic acids is 1. The summed E-state index contributed by atoms with van der Waals surface area (Å²) in [6, 6.07) is 6.26. The average molecular weight is 263 g/mol. The van der Waals surface area contributed by atoms with Crippen LogP contribution >= 0.6 is 0 Å². The maximum Gasteiger partial charge on any atom is 0.269 e. The van der Waals surface area contributed by atoms with Crippen LogP contribution in [0.2, 0.25) is 0 Å². The van der Waals surface area contributed by atoms with Crippen LogP contribution in [0.1, 0.15) is 37.2 Å². The molecule has 2 rings (SSSR count). The minimum atomic E-state index is -0.449. The van der Waals surface area contributed by atoms with Crippen LogP contribution in [-0.2, 0) is 4.79 Å². The fourth-order valence-corrected chi connectivity index (χ4v) is 2.85. The Hall–Kier alpha value is -1.95. The second kappa shape index (κ2) is 5.79. The predicted octanol–water partition coefficient (Wildman–Crippen LogP) is 1.86. The third kappa shape index (κ3) is 2.90. The van der Waals surface area contributed by atoms with Gasteiger partial charge >= 0.3 is 0 Å². The zero-order chi connectivity index (χ0) is 13.8. The number of rotatable bonds is 4. The molecule has 0 saturated heterocycles. The van der Waals surface area contributed by atoms with Crippen LogP contribution in [0.15, 0.2) is 24.3 Å². The van der Waals surface area contributed by atoms with Crippen LogP contribution in [0, 0.1) is 16.0 Å². The molecule has 3 N–H and O–H groups in total. The number of amides is 1. The van der Waals surface area contributed by atoms with Gasteiger partial charge in [0.2, 0.25) is 5.91 Å². The van der Waals surface area contributed by atoms with Gasteiger partial charge in [-0.05, 0) is 24.3 Å². The highest BCUT2D eigenvalue weighted by atomic mass is 16.6. The van der Waals surface area contributed by atoms with E-state index in [9.17, 15) is 14.9 Å². The molecule has 1 amide bonds. The average Bonchev–Trinajstić information content (AvgIpc) is 2.93. The second-order valence-corrected chi connectivity index (χ2v) is 4.88. The van der Waals surface area contributed by atoms with Crippen molar-refractivity contribution in [1.29, 1.82) is 0 Å². The van der Waals surface area contributed by atoms with Crippen molar-refractivity contribution in [2.75, 3.05) is 0 Å². The maximum absolute atomic E-state index is 12.0. The van der Waals surface area contributed by atoms with E-state index >= 15 is 0 Å². The second-order valence-electron chi connectivity index (χ2n) is 4.88. The predicted molar refractivity (Wildman–Crippen MR) is 70.1 cm³/mol. The van der Waals surface area contributed by atoms with Gasteiger partial charge in [0.15, 0.2) is 0 Å². The Morgan fingerprint density at radius 1 is 1.42 bits per heavy atom. The number of non-ortho nitro benzene ring substituents is 1. The molecular formula is C13H17N3O3. The summed E-state index contributed by atoms with van der Waals surface area (Å²) in [5, 5.41) is 10.8. The molecule has 19 heavy (non-hydrogen) atoms. The minimum absolute atomic E-state index is 0.00492. The first-order valence-electron chi connectivity index (χ1n) is 6.38. The fourth-order valence-electron chi connectivity index (χ4n) is 2.85. The highest BCUT2D eigenvalue weighted by Crippen LogP contribution is 2.38. The first-order valence-corrected chi connectivity index (χ1v) is 6.38. The van der Waals surface area contributed by atoms with Crippen molar-refractivity contribution < 1.29 is 9.72 Å². The number of hydrazine groups is 1. The van der Waals surface area contributed by atoms with E-state index < -0.39 is 10.8 Å². The number of nitro benzene ring substituents is 1. The smallest absolute Gasteiger partial charge is 0.269 e. The summed E-state index contributed by atoms with van der Waals surface area (Å²) in [5.41, 5.74) is 2.86. The van der Waals surface area contributed by atoms with Crippen molar-refractivity contribution in [3.05, 3.63) is 39.9 Å². The number of nitrogens with zero attached hydrogens (tertiary/aromatic N) is 1. The topological polar surface area (TPSA) is 98.3 Å². The molecule has 1 aromatic rings. The molecule has 1 atom stereocenters. The number of benzene rings is 1. The lowest BCUT2D eigenvalue weighted by Gasteiger charge is -2.21. The normalized spacial score (nSPS) is 17.1. The number of nitro groups is 1. The quantitative estimate of drug-likeness (QED) is 0.375. The maximum atomic E-state index is 12.0. The summed E-state index contributed by atoms with van der Waals surface area (Å²) in [4.78, 5) is 22.3. The van der Waals surface area contributed by atoms with Crippen molar-refractivity contribution in [1.82, 2.24) is 5.43 Å². The van der Waals surface area contributed by atoms with Gasteiger partial charge in [-0.1, -0.05) is 25.0 Å². The third-order valence-corrected chi connectivity index (χ3v) is 3.74. The summed E-state index contributed by atoms with van der Waals surface area (Å²) >= 11 is 0. The minimum Gasteiger partial charge on any atom is -0.294 e. The van der Waals surface area contributed by atoms with Gasteiger partial charge in [0, 0.05) is 12.1 Å². The highest BCUT2D eigenvalue weighted by molar-refractivity contribution is 5.83. The monoisotopic (exact) mass is 263 g/mol. The van der Waals surface area contributed by atoms with E-state index in [2.05, 4.69) is 5.43 Å². The number of hydrogen-bond donors (Lipinski definition) is 2. The molecule has 1 saturated carbocycles. The molecule has 1 aromatic carbocycles. The molecule has 0 aromatic heterocycles. The summed E-state index contributed by atoms with van der Waals surface area (Å²) in [7, 11) is 0. The molecule has 0 heterocycles. The summed E-state index contributed by atoms with van der Waals surface area (Å²) in [6.45, 7) is 0. The Morgan fingerprint density at radius 2 is 2.11 bits per heavy atom. The van der Waals surface area contributed by atoms with Crippen molar-refractivity contribution in [2.24, 2.45) is 11.8 Å². The SMILES string of the molecule is NNC(=O)C(c1cccc([N+](=O)[O-])c1)C1CCCC1. The Balaban J connectivity index is 2.34. The van der Waals surface area contributed by atoms with Gasteiger partial charge in [0.25, 0.3) is 5.69 Å². The molecule has 6 heteroatoms. The molecule has 102 valence electrons. The largest absolute Gasteiger partial charge is 0.294 e. The van der Waals surface area contributed by atoms with Gasteiger partial charge in [0.05, 0.1) is 10.8 Å². The molecule has 0 bridgehead atoms. The highest BCUT2D eigenvalue weighted by Gasteiger charge is 2.32. The van der Waals surface area contributed by atoms with Gasteiger partial charge in [-0.15, -0.1) is 0 Å². The lowest BCUT2D eigenvalue weighted by molar-refractivity contribution is -0.384. The standard InChI is InChI=1S/C13H17N3O3/c14-15-13(17)12(9-4-1-2-5-9)10-6-3-7-11(8-10)16(18)19/h3,6-9,12H,1-2,4-5,14H2,(H,15,17). The first kappa shape index (κ1) is 13.5. The molecule has 1 fully saturated rings. The lowest BCUT2D eigenvalue weighted by Crippen LogP contribution is -2.37. The van der Waals surface area contributed by atoms with Crippen molar-refractivity contribution >= 4 is 11.6 Å². The van der Waals surface area contributed by atoms with E-state index in [-0.39, 0.29) is 17.5 Å². The Labute approximate surface area is 111 Å². The molecule has 6 nitrogen and oxygen atoms in total. The summed E-state index contributed by atoms with van der Waals surface area (Å²) < 4.78 is 0. The molecule has 1 aliphatic carbocycles. The van der Waals surface area contributed by atoms with E-state index in [1.807, 2.05) is 0 Å². The van der Waals surface area contributed by atoms with E-state index in [1.54, 1.807) is 12.1 Å². The van der Waals surface area contributed by atoms with Crippen molar-refractivity contribution in [3.8, 4) is 0 Å². The lowest BCUT2D eigenvalue weighted by atomic mass is 9.84. The molecule has 1 unspecified atom stereocenters. The number of carbonyl (C=O) groups is 1. The van der Waals surface area contributed by atoms with Gasteiger partial charge < -0.3 is 0 Å². The Morgan fingerprint density at radius 3 is 2.68 bits per heavy atom. The van der Waals surface area contributed by atoms with Gasteiger partial charge in [-0.3, -0.25) is 20.3 Å². The van der Waals surface area contributed by atoms with E-state index in [0.717, 1.165) is 25.7 Å². The molecule has 0 spiro atoms. The van der Waals surface area contributed by atoms with Crippen LogP contribution in [0.5, 0.6) is 0 Å². The van der Waals surface area contributed by atoms with E-state index in [1.165, 1.54) is 12.1 Å². The van der Waals surface area contributed by atoms with E-state index in [4.69, 9.17) is 5.84 Å². The Kier molecular flexibility index (Phi) is 4.11. The number of hydrogen-bond acceptors (Lipinski definition) is 4. The number of nitrogens with two attached hydrogens (primary N) is 1.